The number of nitrogens with one attached hydrogen (secondary N) is 1. The Morgan fingerprint density at radius 1 is 1.42 bits per heavy atom. The maximum Gasteiger partial charge on any atom is 0.303 e. The number of aliphatic carboxylic acids is 1. The van der Waals surface area contributed by atoms with Crippen LogP contribution in [0, 0.1) is 0 Å². The van der Waals surface area contributed by atoms with Gasteiger partial charge in [0.05, 0.1) is 5.56 Å². The van der Waals surface area contributed by atoms with E-state index >= 15 is 0 Å². The molecule has 1 aromatic rings. The lowest BCUT2D eigenvalue weighted by Gasteiger charge is -2.09. The number of carbonyl (C=O) groups excluding carboxylic acids is 1. The van der Waals surface area contributed by atoms with Crippen LogP contribution in [0.2, 0.25) is 5.02 Å². The summed E-state index contributed by atoms with van der Waals surface area (Å²) in [4.78, 5) is 23.2. The summed E-state index contributed by atoms with van der Waals surface area (Å²) in [6.07, 6.45) is 0.463. The van der Waals surface area contributed by atoms with E-state index in [0.717, 1.165) is 10.6 Å². The lowest BCUT2D eigenvalue weighted by Crippen LogP contribution is -2.25. The molecule has 0 aliphatic heterocycles. The predicted octanol–water partition coefficient (Wildman–Crippen LogP) is 3.05. The molecule has 0 fully saturated rings. The van der Waals surface area contributed by atoms with Crippen LogP contribution >= 0.6 is 23.4 Å². The monoisotopic (exact) mass is 301 g/mol. The van der Waals surface area contributed by atoms with Gasteiger partial charge in [-0.3, -0.25) is 9.59 Å². The van der Waals surface area contributed by atoms with E-state index in [1.807, 2.05) is 13.0 Å². The molecule has 1 rings (SSSR count). The van der Waals surface area contributed by atoms with Gasteiger partial charge in [-0.15, -0.1) is 11.8 Å². The molecule has 0 aliphatic carbocycles. The van der Waals surface area contributed by atoms with Gasteiger partial charge in [0.1, 0.15) is 0 Å². The molecule has 0 aromatic heterocycles. The number of rotatable bonds is 7. The molecule has 4 nitrogen and oxygen atoms in total. The Bertz CT molecular complexity index is 465. The van der Waals surface area contributed by atoms with E-state index in [9.17, 15) is 9.59 Å². The minimum absolute atomic E-state index is 0.0480. The SMILES string of the molecule is CCSc1ccc(Cl)cc1C(=O)NCCCC(=O)O. The molecule has 0 aliphatic rings. The van der Waals surface area contributed by atoms with E-state index in [1.165, 1.54) is 0 Å². The highest BCUT2D eigenvalue weighted by Gasteiger charge is 2.12. The van der Waals surface area contributed by atoms with Crippen molar-refractivity contribution in [3.63, 3.8) is 0 Å². The van der Waals surface area contributed by atoms with Crippen LogP contribution in [0.1, 0.15) is 30.1 Å². The second-order valence-electron chi connectivity index (χ2n) is 3.83. The van der Waals surface area contributed by atoms with Crippen LogP contribution in [0.25, 0.3) is 0 Å². The van der Waals surface area contributed by atoms with Crippen LogP contribution in [0.3, 0.4) is 0 Å². The molecule has 0 heterocycles. The quantitative estimate of drug-likeness (QED) is 0.600. The lowest BCUT2D eigenvalue weighted by atomic mass is 10.2. The molecule has 6 heteroatoms. The maximum absolute atomic E-state index is 12.0. The summed E-state index contributed by atoms with van der Waals surface area (Å²) in [7, 11) is 0. The summed E-state index contributed by atoms with van der Waals surface area (Å²) in [5, 5.41) is 11.7. The van der Waals surface area contributed by atoms with Gasteiger partial charge in [-0.1, -0.05) is 18.5 Å². The van der Waals surface area contributed by atoms with Crippen LogP contribution in [-0.4, -0.2) is 29.3 Å². The Hall–Kier alpha value is -1.20. The number of benzene rings is 1. The minimum atomic E-state index is -0.862. The van der Waals surface area contributed by atoms with E-state index in [4.69, 9.17) is 16.7 Å². The zero-order valence-corrected chi connectivity index (χ0v) is 12.2. The molecular formula is C13H16ClNO3S. The van der Waals surface area contributed by atoms with Gasteiger partial charge < -0.3 is 10.4 Å². The highest BCUT2D eigenvalue weighted by Crippen LogP contribution is 2.25. The fourth-order valence-corrected chi connectivity index (χ4v) is 2.45. The van der Waals surface area contributed by atoms with Crippen molar-refractivity contribution in [2.45, 2.75) is 24.7 Å². The first kappa shape index (κ1) is 15.9. The summed E-state index contributed by atoms with van der Waals surface area (Å²) in [6.45, 7) is 2.35. The molecule has 0 saturated carbocycles. The average molecular weight is 302 g/mol. The Balaban J connectivity index is 2.64. The van der Waals surface area contributed by atoms with E-state index in [0.29, 0.717) is 23.6 Å². The van der Waals surface area contributed by atoms with Crippen molar-refractivity contribution in [3.05, 3.63) is 28.8 Å². The van der Waals surface area contributed by atoms with Gasteiger partial charge >= 0.3 is 5.97 Å². The zero-order valence-electron chi connectivity index (χ0n) is 10.6. The maximum atomic E-state index is 12.0. The van der Waals surface area contributed by atoms with E-state index in [2.05, 4.69) is 5.32 Å². The number of amides is 1. The lowest BCUT2D eigenvalue weighted by molar-refractivity contribution is -0.137. The highest BCUT2D eigenvalue weighted by atomic mass is 35.5. The largest absolute Gasteiger partial charge is 0.481 e. The Labute approximate surface area is 121 Å². The molecule has 0 atom stereocenters. The molecule has 104 valence electrons. The van der Waals surface area contributed by atoms with Crippen molar-refractivity contribution in [1.29, 1.82) is 0 Å². The van der Waals surface area contributed by atoms with Crippen molar-refractivity contribution < 1.29 is 14.7 Å². The van der Waals surface area contributed by atoms with Crippen LogP contribution in [0.4, 0.5) is 0 Å². The molecular weight excluding hydrogens is 286 g/mol. The molecule has 1 aromatic carbocycles. The molecule has 0 spiro atoms. The Morgan fingerprint density at radius 2 is 2.16 bits per heavy atom. The van der Waals surface area contributed by atoms with Crippen LogP contribution in [0.5, 0.6) is 0 Å². The molecule has 2 N–H and O–H groups in total. The smallest absolute Gasteiger partial charge is 0.303 e. The van der Waals surface area contributed by atoms with Gasteiger partial charge in [0.15, 0.2) is 0 Å². The number of hydrogen-bond donors (Lipinski definition) is 2. The summed E-state index contributed by atoms with van der Waals surface area (Å²) in [5.41, 5.74) is 0.537. The Morgan fingerprint density at radius 3 is 2.79 bits per heavy atom. The number of hydrogen-bond acceptors (Lipinski definition) is 3. The van der Waals surface area contributed by atoms with Gasteiger partial charge in [0.2, 0.25) is 0 Å². The molecule has 0 saturated heterocycles. The van der Waals surface area contributed by atoms with Gasteiger partial charge in [0.25, 0.3) is 5.91 Å². The Kier molecular flexibility index (Phi) is 6.73. The third kappa shape index (κ3) is 5.53. The summed E-state index contributed by atoms with van der Waals surface area (Å²) in [6, 6.07) is 5.20. The molecule has 0 unspecified atom stereocenters. The van der Waals surface area contributed by atoms with Crippen LogP contribution in [0.15, 0.2) is 23.1 Å². The summed E-state index contributed by atoms with van der Waals surface area (Å²) < 4.78 is 0. The zero-order chi connectivity index (χ0) is 14.3. The van der Waals surface area contributed by atoms with Crippen molar-refractivity contribution in [1.82, 2.24) is 5.32 Å². The van der Waals surface area contributed by atoms with Crippen molar-refractivity contribution in [3.8, 4) is 0 Å². The predicted molar refractivity (Wildman–Crippen MR) is 77.1 cm³/mol. The second kappa shape index (κ2) is 8.07. The highest BCUT2D eigenvalue weighted by molar-refractivity contribution is 7.99. The number of carbonyl (C=O) groups is 2. The van der Waals surface area contributed by atoms with Crippen molar-refractivity contribution >= 4 is 35.2 Å². The third-order valence-corrected chi connectivity index (χ3v) is 3.53. The molecule has 1 amide bonds. The number of thioether (sulfide) groups is 1. The van der Waals surface area contributed by atoms with Gasteiger partial charge in [-0.25, -0.2) is 0 Å². The minimum Gasteiger partial charge on any atom is -0.481 e. The van der Waals surface area contributed by atoms with Crippen molar-refractivity contribution in [2.75, 3.05) is 12.3 Å². The first-order chi connectivity index (χ1) is 9.04. The van der Waals surface area contributed by atoms with Crippen LogP contribution in [-0.2, 0) is 4.79 Å². The fourth-order valence-electron chi connectivity index (χ4n) is 1.50. The number of carboxylic acid groups (broad SMARTS) is 1. The summed E-state index contributed by atoms with van der Waals surface area (Å²) in [5.74, 6) is -0.218. The normalized spacial score (nSPS) is 10.2. The molecule has 0 bridgehead atoms. The van der Waals surface area contributed by atoms with E-state index in [1.54, 1.807) is 23.9 Å². The van der Waals surface area contributed by atoms with Crippen molar-refractivity contribution in [2.24, 2.45) is 0 Å². The molecule has 0 radical (unpaired) electrons. The van der Waals surface area contributed by atoms with Gasteiger partial charge in [-0.05, 0) is 30.4 Å². The fraction of sp³-hybridized carbons (Fsp3) is 0.385. The topological polar surface area (TPSA) is 66.4 Å². The number of halogens is 1. The first-order valence-corrected chi connectivity index (χ1v) is 7.33. The standard InChI is InChI=1S/C13H16ClNO3S/c1-2-19-11-6-5-9(14)8-10(11)13(18)15-7-3-4-12(16)17/h5-6,8H,2-4,7H2,1H3,(H,15,18)(H,16,17). The van der Waals surface area contributed by atoms with Gasteiger partial charge in [-0.2, -0.15) is 0 Å². The second-order valence-corrected chi connectivity index (χ2v) is 5.57. The van der Waals surface area contributed by atoms with E-state index < -0.39 is 5.97 Å². The van der Waals surface area contributed by atoms with Crippen LogP contribution < -0.4 is 5.32 Å². The third-order valence-electron chi connectivity index (χ3n) is 2.34. The average Bonchev–Trinajstić information content (AvgIpc) is 2.36. The number of carboxylic acids is 1. The first-order valence-electron chi connectivity index (χ1n) is 5.97. The van der Waals surface area contributed by atoms with Gasteiger partial charge in [0, 0.05) is 22.9 Å². The summed E-state index contributed by atoms with van der Waals surface area (Å²) >= 11 is 7.47. The molecule has 19 heavy (non-hydrogen) atoms. The van der Waals surface area contributed by atoms with E-state index in [-0.39, 0.29) is 12.3 Å².